The van der Waals surface area contributed by atoms with Crippen LogP contribution in [0, 0.1) is 6.92 Å². The summed E-state index contributed by atoms with van der Waals surface area (Å²) in [5.74, 6) is 0.0979. The molecule has 20 heavy (non-hydrogen) atoms. The third-order valence-corrected chi connectivity index (χ3v) is 4.02. The van der Waals surface area contributed by atoms with Crippen LogP contribution >= 0.6 is 8.03 Å². The van der Waals surface area contributed by atoms with Gasteiger partial charge in [-0.05, 0) is 42.8 Å². The zero-order valence-electron chi connectivity index (χ0n) is 11.3. The summed E-state index contributed by atoms with van der Waals surface area (Å²) >= 11 is 0. The first kappa shape index (κ1) is 14.4. The van der Waals surface area contributed by atoms with Gasteiger partial charge in [0, 0.05) is 5.30 Å². The fourth-order valence-electron chi connectivity index (χ4n) is 1.74. The van der Waals surface area contributed by atoms with Gasteiger partial charge in [-0.15, -0.1) is 0 Å². The van der Waals surface area contributed by atoms with E-state index in [-0.39, 0.29) is 0 Å². The minimum Gasteiger partial charge on any atom is -0.465 e. The van der Waals surface area contributed by atoms with Crippen LogP contribution < -0.4 is 9.83 Å². The summed E-state index contributed by atoms with van der Waals surface area (Å²) in [5, 5.41) is 0.661. The van der Waals surface area contributed by atoms with Gasteiger partial charge in [0.15, 0.2) is 0 Å². The molecule has 1 unspecified atom stereocenters. The van der Waals surface area contributed by atoms with Gasteiger partial charge in [0.2, 0.25) is 0 Å². The monoisotopic (exact) mass is 290 g/mol. The summed E-state index contributed by atoms with van der Waals surface area (Å²) < 4.78 is 22.3. The fourth-order valence-corrected chi connectivity index (χ4v) is 2.75. The Morgan fingerprint density at radius 2 is 1.80 bits per heavy atom. The first-order valence-corrected chi connectivity index (χ1v) is 7.39. The average molecular weight is 290 g/mol. The maximum atomic E-state index is 12.1. The molecular formula is C15H15O4P. The van der Waals surface area contributed by atoms with E-state index >= 15 is 0 Å². The maximum Gasteiger partial charge on any atom is 0.337 e. The van der Waals surface area contributed by atoms with Crippen LogP contribution in [0.1, 0.15) is 15.9 Å². The van der Waals surface area contributed by atoms with Crippen LogP contribution in [0.5, 0.6) is 5.75 Å². The molecule has 0 heterocycles. The predicted octanol–water partition coefficient (Wildman–Crippen LogP) is 2.96. The van der Waals surface area contributed by atoms with Gasteiger partial charge in [-0.1, -0.05) is 18.2 Å². The van der Waals surface area contributed by atoms with E-state index in [2.05, 4.69) is 4.74 Å². The summed E-state index contributed by atoms with van der Waals surface area (Å²) in [6.07, 6.45) is 0. The Balaban J connectivity index is 2.18. The van der Waals surface area contributed by atoms with Gasteiger partial charge < -0.3 is 9.26 Å². The minimum atomic E-state index is -2.35. The zero-order valence-corrected chi connectivity index (χ0v) is 12.3. The number of methoxy groups -OCH3 is 1. The van der Waals surface area contributed by atoms with E-state index in [1.54, 1.807) is 37.3 Å². The standard InChI is InChI=1S/C15H15O4P/c1-11-10-12(15(16)18-2)8-9-14(11)19-20(17)13-6-4-3-5-7-13/h3-10,20H,1-2H3. The lowest BCUT2D eigenvalue weighted by Gasteiger charge is -2.10. The molecule has 0 spiro atoms. The van der Waals surface area contributed by atoms with E-state index < -0.39 is 14.0 Å². The lowest BCUT2D eigenvalue weighted by molar-refractivity contribution is 0.0600. The Kier molecular flexibility index (Phi) is 4.59. The molecule has 0 bridgehead atoms. The molecule has 0 aliphatic carbocycles. The molecule has 2 aromatic rings. The molecule has 104 valence electrons. The summed E-state index contributed by atoms with van der Waals surface area (Å²) in [6, 6.07) is 13.9. The Hall–Kier alpha value is -2.06. The Labute approximate surface area is 118 Å². The van der Waals surface area contributed by atoms with Gasteiger partial charge in [-0.25, -0.2) is 4.79 Å². The van der Waals surface area contributed by atoms with Crippen LogP contribution in [0.15, 0.2) is 48.5 Å². The van der Waals surface area contributed by atoms with Crippen LogP contribution in [0.2, 0.25) is 0 Å². The van der Waals surface area contributed by atoms with Crippen molar-refractivity contribution in [2.24, 2.45) is 0 Å². The molecular weight excluding hydrogens is 275 g/mol. The molecule has 2 rings (SSSR count). The second-order valence-electron chi connectivity index (χ2n) is 4.23. The van der Waals surface area contributed by atoms with Crippen molar-refractivity contribution in [2.75, 3.05) is 7.11 Å². The molecule has 4 nitrogen and oxygen atoms in total. The quantitative estimate of drug-likeness (QED) is 0.641. The van der Waals surface area contributed by atoms with E-state index in [0.717, 1.165) is 5.56 Å². The number of esters is 1. The van der Waals surface area contributed by atoms with Gasteiger partial charge >= 0.3 is 5.97 Å². The van der Waals surface area contributed by atoms with Crippen molar-refractivity contribution in [2.45, 2.75) is 6.92 Å². The maximum absolute atomic E-state index is 12.1. The molecule has 0 aromatic heterocycles. The fraction of sp³-hybridized carbons (Fsp3) is 0.133. The molecule has 0 amide bonds. The molecule has 0 radical (unpaired) electrons. The first-order valence-electron chi connectivity index (χ1n) is 6.08. The molecule has 0 fully saturated rings. The van der Waals surface area contributed by atoms with Crippen molar-refractivity contribution in [3.05, 3.63) is 59.7 Å². The second kappa shape index (κ2) is 6.40. The average Bonchev–Trinajstić information content (AvgIpc) is 2.49. The molecule has 0 N–H and O–H groups in total. The SMILES string of the molecule is COC(=O)c1ccc(O[PH](=O)c2ccccc2)c(C)c1. The van der Waals surface area contributed by atoms with E-state index in [0.29, 0.717) is 16.6 Å². The van der Waals surface area contributed by atoms with Crippen molar-refractivity contribution in [3.8, 4) is 5.75 Å². The van der Waals surface area contributed by atoms with Gasteiger partial charge in [0.25, 0.3) is 8.03 Å². The van der Waals surface area contributed by atoms with Crippen molar-refractivity contribution >= 4 is 19.3 Å². The largest absolute Gasteiger partial charge is 0.465 e. The van der Waals surface area contributed by atoms with Crippen LogP contribution in [-0.2, 0) is 9.30 Å². The Morgan fingerprint density at radius 3 is 2.40 bits per heavy atom. The van der Waals surface area contributed by atoms with Crippen LogP contribution in [-0.4, -0.2) is 13.1 Å². The number of carbonyl (C=O) groups is 1. The molecule has 0 saturated carbocycles. The summed E-state index contributed by atoms with van der Waals surface area (Å²) in [4.78, 5) is 11.4. The number of aryl methyl sites for hydroxylation is 1. The summed E-state index contributed by atoms with van der Waals surface area (Å²) in [6.45, 7) is 1.79. The highest BCUT2D eigenvalue weighted by molar-refractivity contribution is 7.48. The van der Waals surface area contributed by atoms with Crippen molar-refractivity contribution in [3.63, 3.8) is 0 Å². The molecule has 0 aliphatic heterocycles. The summed E-state index contributed by atoms with van der Waals surface area (Å²) in [7, 11) is -1.02. The van der Waals surface area contributed by atoms with Crippen molar-refractivity contribution < 1.29 is 18.6 Å². The number of hydrogen-bond donors (Lipinski definition) is 0. The van der Waals surface area contributed by atoms with Crippen LogP contribution in [0.3, 0.4) is 0 Å². The van der Waals surface area contributed by atoms with E-state index in [1.165, 1.54) is 7.11 Å². The number of benzene rings is 2. The predicted molar refractivity (Wildman–Crippen MR) is 78.2 cm³/mol. The van der Waals surface area contributed by atoms with Crippen molar-refractivity contribution in [1.29, 1.82) is 0 Å². The normalized spacial score (nSPS) is 11.7. The number of carbonyl (C=O) groups excluding carboxylic acids is 1. The highest BCUT2D eigenvalue weighted by Crippen LogP contribution is 2.29. The van der Waals surface area contributed by atoms with Crippen LogP contribution in [0.25, 0.3) is 0 Å². The zero-order chi connectivity index (χ0) is 14.5. The highest BCUT2D eigenvalue weighted by Gasteiger charge is 2.11. The smallest absolute Gasteiger partial charge is 0.337 e. The first-order chi connectivity index (χ1) is 9.61. The number of hydrogen-bond acceptors (Lipinski definition) is 4. The molecule has 2 aromatic carbocycles. The Morgan fingerprint density at radius 1 is 1.10 bits per heavy atom. The summed E-state index contributed by atoms with van der Waals surface area (Å²) in [5.41, 5.74) is 1.18. The third-order valence-electron chi connectivity index (χ3n) is 2.81. The molecule has 1 atom stereocenters. The highest BCUT2D eigenvalue weighted by atomic mass is 31.1. The van der Waals surface area contributed by atoms with Gasteiger partial charge in [0.1, 0.15) is 5.75 Å². The van der Waals surface area contributed by atoms with E-state index in [9.17, 15) is 9.36 Å². The Bertz CT molecular complexity index is 638. The van der Waals surface area contributed by atoms with Gasteiger partial charge in [-0.2, -0.15) is 0 Å². The molecule has 0 aliphatic rings. The lowest BCUT2D eigenvalue weighted by atomic mass is 10.1. The number of rotatable bonds is 4. The van der Waals surface area contributed by atoms with E-state index in [4.69, 9.17) is 4.52 Å². The number of ether oxygens (including phenoxy) is 1. The van der Waals surface area contributed by atoms with E-state index in [1.807, 2.05) is 18.2 Å². The topological polar surface area (TPSA) is 52.6 Å². The van der Waals surface area contributed by atoms with Crippen molar-refractivity contribution in [1.82, 2.24) is 0 Å². The van der Waals surface area contributed by atoms with Gasteiger partial charge in [-0.3, -0.25) is 4.57 Å². The van der Waals surface area contributed by atoms with Gasteiger partial charge in [0.05, 0.1) is 12.7 Å². The second-order valence-corrected chi connectivity index (χ2v) is 5.58. The molecule has 0 saturated heterocycles. The van der Waals surface area contributed by atoms with Crippen LogP contribution in [0.4, 0.5) is 0 Å². The third kappa shape index (κ3) is 3.28. The minimum absolute atomic E-state index is 0.407. The molecule has 5 heteroatoms. The lowest BCUT2D eigenvalue weighted by Crippen LogP contribution is -2.03.